The minimum Gasteiger partial charge on any atom is -0.356 e. The quantitative estimate of drug-likeness (QED) is 0.778. The van der Waals surface area contributed by atoms with Crippen LogP contribution in [-0.2, 0) is 6.54 Å². The molecule has 0 unspecified atom stereocenters. The van der Waals surface area contributed by atoms with Gasteiger partial charge in [-0.05, 0) is 56.2 Å². The Morgan fingerprint density at radius 2 is 1.84 bits per heavy atom. The Labute approximate surface area is 116 Å². The largest absolute Gasteiger partial charge is 0.356 e. The van der Waals surface area contributed by atoms with Crippen LogP contribution < -0.4 is 10.2 Å². The van der Waals surface area contributed by atoms with Gasteiger partial charge in [-0.2, -0.15) is 0 Å². The summed E-state index contributed by atoms with van der Waals surface area (Å²) in [5, 5.41) is 3.36. The zero-order chi connectivity index (χ0) is 13.1. The zero-order valence-electron chi connectivity index (χ0n) is 11.9. The van der Waals surface area contributed by atoms with Crippen LogP contribution in [0.25, 0.3) is 0 Å². The molecule has 2 saturated carbocycles. The summed E-state index contributed by atoms with van der Waals surface area (Å²) in [6.07, 6.45) is 5.66. The van der Waals surface area contributed by atoms with E-state index in [-0.39, 0.29) is 0 Å². The van der Waals surface area contributed by atoms with Crippen LogP contribution >= 0.6 is 0 Å². The molecule has 0 bridgehead atoms. The van der Waals surface area contributed by atoms with Crippen LogP contribution in [-0.4, -0.2) is 24.6 Å². The summed E-state index contributed by atoms with van der Waals surface area (Å²) in [6.45, 7) is 6.45. The van der Waals surface area contributed by atoms with Gasteiger partial charge in [0.25, 0.3) is 0 Å². The number of nitrogens with zero attached hydrogens (tertiary/aromatic N) is 2. The van der Waals surface area contributed by atoms with Crippen molar-refractivity contribution < 1.29 is 0 Å². The Morgan fingerprint density at radius 1 is 1.16 bits per heavy atom. The van der Waals surface area contributed by atoms with Gasteiger partial charge in [0.05, 0.1) is 5.69 Å². The Hall–Kier alpha value is -1.09. The second kappa shape index (κ2) is 5.91. The van der Waals surface area contributed by atoms with Gasteiger partial charge in [0, 0.05) is 19.6 Å². The molecule has 3 nitrogen and oxygen atoms in total. The third-order valence-corrected chi connectivity index (χ3v) is 4.02. The molecule has 0 aliphatic heterocycles. The molecule has 0 amide bonds. The summed E-state index contributed by atoms with van der Waals surface area (Å²) in [7, 11) is 0. The summed E-state index contributed by atoms with van der Waals surface area (Å²) >= 11 is 0. The maximum atomic E-state index is 4.84. The van der Waals surface area contributed by atoms with Crippen molar-refractivity contribution in [3.63, 3.8) is 0 Å². The van der Waals surface area contributed by atoms with E-state index in [0.29, 0.717) is 0 Å². The molecule has 3 heteroatoms. The van der Waals surface area contributed by atoms with Crippen molar-refractivity contribution in [2.45, 2.75) is 39.2 Å². The fourth-order valence-electron chi connectivity index (χ4n) is 2.48. The first-order valence-corrected chi connectivity index (χ1v) is 7.76. The fourth-order valence-corrected chi connectivity index (χ4v) is 2.48. The van der Waals surface area contributed by atoms with Gasteiger partial charge in [-0.15, -0.1) is 0 Å². The number of rotatable bonds is 8. The van der Waals surface area contributed by atoms with Crippen molar-refractivity contribution in [3.05, 3.63) is 23.9 Å². The van der Waals surface area contributed by atoms with Crippen LogP contribution in [0.3, 0.4) is 0 Å². The Morgan fingerprint density at radius 3 is 2.42 bits per heavy atom. The molecule has 0 spiro atoms. The molecular formula is C16H25N3. The molecule has 3 rings (SSSR count). The van der Waals surface area contributed by atoms with E-state index in [1.54, 1.807) is 0 Å². The zero-order valence-corrected chi connectivity index (χ0v) is 11.9. The number of hydrogen-bond acceptors (Lipinski definition) is 3. The van der Waals surface area contributed by atoms with Crippen molar-refractivity contribution in [1.82, 2.24) is 10.3 Å². The standard InChI is InChI=1S/C16H25N3/c1-2-17-10-15-4-3-5-16(18-15)19(11-13-6-7-13)12-14-8-9-14/h3-5,13-14,17H,2,6-12H2,1H3. The number of anilines is 1. The Balaban J connectivity index is 1.67. The maximum absolute atomic E-state index is 4.84. The van der Waals surface area contributed by atoms with E-state index in [4.69, 9.17) is 4.98 Å². The molecule has 0 aromatic carbocycles. The topological polar surface area (TPSA) is 28.2 Å². The average molecular weight is 259 g/mol. The van der Waals surface area contributed by atoms with Crippen molar-refractivity contribution in [2.75, 3.05) is 24.5 Å². The van der Waals surface area contributed by atoms with E-state index in [9.17, 15) is 0 Å². The van der Waals surface area contributed by atoms with Crippen molar-refractivity contribution in [2.24, 2.45) is 11.8 Å². The van der Waals surface area contributed by atoms with Crippen LogP contribution in [0.4, 0.5) is 5.82 Å². The maximum Gasteiger partial charge on any atom is 0.128 e. The summed E-state index contributed by atoms with van der Waals surface area (Å²) in [4.78, 5) is 7.37. The van der Waals surface area contributed by atoms with Gasteiger partial charge in [-0.3, -0.25) is 0 Å². The SMILES string of the molecule is CCNCc1cccc(N(CC2CC2)CC2CC2)n1. The second-order valence-electron chi connectivity index (χ2n) is 6.06. The van der Waals surface area contributed by atoms with E-state index in [2.05, 4.69) is 35.3 Å². The summed E-state index contributed by atoms with van der Waals surface area (Å²) in [6, 6.07) is 6.46. The van der Waals surface area contributed by atoms with Crippen molar-refractivity contribution >= 4 is 5.82 Å². The predicted octanol–water partition coefficient (Wildman–Crippen LogP) is 2.82. The average Bonchev–Trinajstić information content (AvgIpc) is 3.31. The number of hydrogen-bond donors (Lipinski definition) is 1. The highest BCUT2D eigenvalue weighted by molar-refractivity contribution is 5.40. The first kappa shape index (κ1) is 12.9. The lowest BCUT2D eigenvalue weighted by Gasteiger charge is -2.24. The fraction of sp³-hybridized carbons (Fsp3) is 0.688. The minimum atomic E-state index is 0.880. The highest BCUT2D eigenvalue weighted by atomic mass is 15.2. The molecule has 0 atom stereocenters. The monoisotopic (exact) mass is 259 g/mol. The van der Waals surface area contributed by atoms with Gasteiger partial charge >= 0.3 is 0 Å². The molecular weight excluding hydrogens is 234 g/mol. The third kappa shape index (κ3) is 3.93. The van der Waals surface area contributed by atoms with Crippen LogP contribution in [0.5, 0.6) is 0 Å². The van der Waals surface area contributed by atoms with E-state index >= 15 is 0 Å². The van der Waals surface area contributed by atoms with Crippen molar-refractivity contribution in [3.8, 4) is 0 Å². The highest BCUT2D eigenvalue weighted by Gasteiger charge is 2.29. The normalized spacial score (nSPS) is 18.6. The van der Waals surface area contributed by atoms with Crippen LogP contribution in [0.2, 0.25) is 0 Å². The van der Waals surface area contributed by atoms with Gasteiger partial charge in [0.2, 0.25) is 0 Å². The third-order valence-electron chi connectivity index (χ3n) is 4.02. The molecule has 2 fully saturated rings. The van der Waals surface area contributed by atoms with Crippen LogP contribution in [0.15, 0.2) is 18.2 Å². The van der Waals surface area contributed by atoms with Crippen LogP contribution in [0, 0.1) is 11.8 Å². The number of aromatic nitrogens is 1. The van der Waals surface area contributed by atoms with E-state index in [1.807, 2.05) is 0 Å². The first-order valence-electron chi connectivity index (χ1n) is 7.76. The van der Waals surface area contributed by atoms with E-state index in [1.165, 1.54) is 44.6 Å². The molecule has 104 valence electrons. The Kier molecular flexibility index (Phi) is 4.02. The molecule has 1 aromatic rings. The summed E-state index contributed by atoms with van der Waals surface area (Å²) < 4.78 is 0. The number of pyridine rings is 1. The molecule has 19 heavy (non-hydrogen) atoms. The summed E-state index contributed by atoms with van der Waals surface area (Å²) in [5.41, 5.74) is 1.16. The van der Waals surface area contributed by atoms with Gasteiger partial charge in [-0.1, -0.05) is 13.0 Å². The van der Waals surface area contributed by atoms with Gasteiger partial charge < -0.3 is 10.2 Å². The molecule has 0 radical (unpaired) electrons. The molecule has 1 N–H and O–H groups in total. The first-order chi connectivity index (χ1) is 9.35. The van der Waals surface area contributed by atoms with Gasteiger partial charge in [0.15, 0.2) is 0 Å². The molecule has 1 aromatic heterocycles. The lowest BCUT2D eigenvalue weighted by atomic mass is 10.2. The predicted molar refractivity (Wildman–Crippen MR) is 79.3 cm³/mol. The lowest BCUT2D eigenvalue weighted by molar-refractivity contribution is 0.663. The molecule has 2 aliphatic carbocycles. The second-order valence-corrected chi connectivity index (χ2v) is 6.06. The van der Waals surface area contributed by atoms with E-state index in [0.717, 1.165) is 30.6 Å². The van der Waals surface area contributed by atoms with Gasteiger partial charge in [-0.25, -0.2) is 4.98 Å². The van der Waals surface area contributed by atoms with Gasteiger partial charge in [0.1, 0.15) is 5.82 Å². The van der Waals surface area contributed by atoms with E-state index < -0.39 is 0 Å². The molecule has 1 heterocycles. The minimum absolute atomic E-state index is 0.880. The lowest BCUT2D eigenvalue weighted by Crippen LogP contribution is -2.29. The summed E-state index contributed by atoms with van der Waals surface area (Å²) in [5.74, 6) is 3.05. The molecule has 0 saturated heterocycles. The smallest absolute Gasteiger partial charge is 0.128 e. The van der Waals surface area contributed by atoms with Crippen molar-refractivity contribution in [1.29, 1.82) is 0 Å². The number of nitrogens with one attached hydrogen (secondary N) is 1. The molecule has 2 aliphatic rings. The Bertz CT molecular complexity index is 396. The van der Waals surface area contributed by atoms with Crippen LogP contribution in [0.1, 0.15) is 38.3 Å². The highest BCUT2D eigenvalue weighted by Crippen LogP contribution is 2.35.